The molecule has 1 aromatic heterocycles. The van der Waals surface area contributed by atoms with Gasteiger partial charge in [-0.2, -0.15) is 18.8 Å². The lowest BCUT2D eigenvalue weighted by atomic mass is 10.1. The Bertz CT molecular complexity index is 1040. The van der Waals surface area contributed by atoms with Gasteiger partial charge in [-0.05, 0) is 54.1 Å². The molecule has 27 heavy (non-hydrogen) atoms. The highest BCUT2D eigenvalue weighted by Crippen LogP contribution is 2.27. The van der Waals surface area contributed by atoms with E-state index in [0.29, 0.717) is 12.1 Å². The second-order valence-electron chi connectivity index (χ2n) is 5.68. The maximum atomic E-state index is 11.0. The fourth-order valence-corrected chi connectivity index (χ4v) is 2.91. The van der Waals surface area contributed by atoms with Gasteiger partial charge in [0.15, 0.2) is 0 Å². The molecule has 0 amide bonds. The van der Waals surface area contributed by atoms with Crippen LogP contribution in [-0.2, 0) is 16.8 Å². The van der Waals surface area contributed by atoms with Gasteiger partial charge >= 0.3 is 10.3 Å². The Morgan fingerprint density at radius 3 is 2.30 bits per heavy atom. The Morgan fingerprint density at radius 1 is 1.04 bits per heavy atom. The van der Waals surface area contributed by atoms with E-state index in [-0.39, 0.29) is 5.75 Å². The standard InChI is InChI=1S/C19H16N4O3S/c20-12-15-3-7-17(8-4-15)23(18-2-1-11-22-13-18)14-16-5-9-19(10-6-16)26-27(21,24)25/h1-11,13H,14H2,(H2,21,24,25). The van der Waals surface area contributed by atoms with Crippen LogP contribution >= 0.6 is 0 Å². The molecule has 0 aliphatic heterocycles. The molecule has 0 aliphatic rings. The van der Waals surface area contributed by atoms with Crippen molar-refractivity contribution in [3.63, 3.8) is 0 Å². The zero-order valence-electron chi connectivity index (χ0n) is 14.2. The maximum absolute atomic E-state index is 11.0. The predicted octanol–water partition coefficient (Wildman–Crippen LogP) is 2.87. The van der Waals surface area contributed by atoms with E-state index in [1.165, 1.54) is 0 Å². The number of anilines is 2. The summed E-state index contributed by atoms with van der Waals surface area (Å²) in [4.78, 5) is 6.20. The summed E-state index contributed by atoms with van der Waals surface area (Å²) in [5.74, 6) is 0.146. The van der Waals surface area contributed by atoms with E-state index >= 15 is 0 Å². The number of benzene rings is 2. The highest BCUT2D eigenvalue weighted by molar-refractivity contribution is 7.84. The van der Waals surface area contributed by atoms with Gasteiger partial charge in [-0.25, -0.2) is 0 Å². The van der Waals surface area contributed by atoms with Crippen molar-refractivity contribution in [1.82, 2.24) is 4.98 Å². The van der Waals surface area contributed by atoms with Crippen LogP contribution in [0.5, 0.6) is 5.75 Å². The number of nitrogens with zero attached hydrogens (tertiary/aromatic N) is 3. The van der Waals surface area contributed by atoms with Gasteiger partial charge in [0.25, 0.3) is 0 Å². The minimum absolute atomic E-state index is 0.146. The summed E-state index contributed by atoms with van der Waals surface area (Å²) in [6.45, 7) is 0.507. The van der Waals surface area contributed by atoms with Gasteiger partial charge in [-0.15, -0.1) is 0 Å². The fourth-order valence-electron chi connectivity index (χ4n) is 2.53. The Kier molecular flexibility index (Phi) is 5.35. The molecule has 0 saturated carbocycles. The van der Waals surface area contributed by atoms with Crippen LogP contribution in [-0.4, -0.2) is 13.4 Å². The number of rotatable bonds is 6. The van der Waals surface area contributed by atoms with Crippen molar-refractivity contribution >= 4 is 21.7 Å². The van der Waals surface area contributed by atoms with Crippen molar-refractivity contribution in [2.45, 2.75) is 6.54 Å². The second-order valence-corrected chi connectivity index (χ2v) is 6.83. The third kappa shape index (κ3) is 5.04. The van der Waals surface area contributed by atoms with Crippen molar-refractivity contribution in [2.75, 3.05) is 4.90 Å². The molecule has 0 atom stereocenters. The molecule has 0 saturated heterocycles. The molecule has 2 N–H and O–H groups in total. The first-order valence-corrected chi connectivity index (χ1v) is 9.40. The molecule has 3 aromatic rings. The van der Waals surface area contributed by atoms with E-state index in [1.807, 2.05) is 29.2 Å². The molecule has 8 heteroatoms. The van der Waals surface area contributed by atoms with Gasteiger partial charge in [0, 0.05) is 18.4 Å². The van der Waals surface area contributed by atoms with Gasteiger partial charge in [-0.3, -0.25) is 4.98 Å². The lowest BCUT2D eigenvalue weighted by Gasteiger charge is -2.25. The number of nitriles is 1. The lowest BCUT2D eigenvalue weighted by molar-refractivity contribution is 0.487. The van der Waals surface area contributed by atoms with Crippen LogP contribution in [0.1, 0.15) is 11.1 Å². The van der Waals surface area contributed by atoms with Gasteiger partial charge in [-0.1, -0.05) is 12.1 Å². The zero-order valence-corrected chi connectivity index (χ0v) is 15.0. The van der Waals surface area contributed by atoms with Crippen LogP contribution < -0.4 is 14.2 Å². The fraction of sp³-hybridized carbons (Fsp3) is 0.0526. The van der Waals surface area contributed by atoms with Gasteiger partial charge in [0.2, 0.25) is 0 Å². The molecule has 0 aliphatic carbocycles. The van der Waals surface area contributed by atoms with Crippen molar-refractivity contribution in [1.29, 1.82) is 5.26 Å². The smallest absolute Gasteiger partial charge is 0.371 e. The average molecular weight is 380 g/mol. The molecular formula is C19H16N4O3S. The number of hydrogen-bond acceptors (Lipinski definition) is 6. The molecule has 7 nitrogen and oxygen atoms in total. The van der Waals surface area contributed by atoms with E-state index < -0.39 is 10.3 Å². The topological polar surface area (TPSA) is 109 Å². The van der Waals surface area contributed by atoms with Crippen molar-refractivity contribution < 1.29 is 12.6 Å². The van der Waals surface area contributed by atoms with Crippen LogP contribution in [0.3, 0.4) is 0 Å². The molecule has 0 bridgehead atoms. The van der Waals surface area contributed by atoms with Gasteiger partial charge in [0.1, 0.15) is 5.75 Å². The molecular weight excluding hydrogens is 364 g/mol. The molecule has 0 spiro atoms. The van der Waals surface area contributed by atoms with Crippen LogP contribution in [0.15, 0.2) is 73.1 Å². The first-order chi connectivity index (χ1) is 12.9. The Hall–Kier alpha value is -3.41. The van der Waals surface area contributed by atoms with E-state index in [1.54, 1.807) is 48.8 Å². The third-order valence-corrected chi connectivity index (χ3v) is 4.17. The summed E-state index contributed by atoms with van der Waals surface area (Å²) in [5.41, 5.74) is 3.28. The van der Waals surface area contributed by atoms with Crippen LogP contribution in [0.25, 0.3) is 0 Å². The van der Waals surface area contributed by atoms with Crippen LogP contribution in [0.4, 0.5) is 11.4 Å². The van der Waals surface area contributed by atoms with Gasteiger partial charge in [0.05, 0.1) is 23.5 Å². The highest BCUT2D eigenvalue weighted by Gasteiger charge is 2.11. The van der Waals surface area contributed by atoms with Crippen molar-refractivity contribution in [3.8, 4) is 11.8 Å². The van der Waals surface area contributed by atoms with Crippen LogP contribution in [0.2, 0.25) is 0 Å². The Morgan fingerprint density at radius 2 is 1.74 bits per heavy atom. The van der Waals surface area contributed by atoms with E-state index in [9.17, 15) is 8.42 Å². The highest BCUT2D eigenvalue weighted by atomic mass is 32.2. The lowest BCUT2D eigenvalue weighted by Crippen LogP contribution is -2.19. The molecule has 1 heterocycles. The zero-order chi connectivity index (χ0) is 19.3. The molecule has 136 valence electrons. The number of pyridine rings is 1. The molecule has 0 radical (unpaired) electrons. The summed E-state index contributed by atoms with van der Waals surface area (Å²) in [6.07, 6.45) is 3.44. The summed E-state index contributed by atoms with van der Waals surface area (Å²) in [5, 5.41) is 13.9. The number of nitrogens with two attached hydrogens (primary N) is 1. The quantitative estimate of drug-likeness (QED) is 0.704. The predicted molar refractivity (Wildman–Crippen MR) is 101 cm³/mol. The maximum Gasteiger partial charge on any atom is 0.380 e. The Labute approximate surface area is 157 Å². The SMILES string of the molecule is N#Cc1ccc(N(Cc2ccc(OS(N)(=O)=O)cc2)c2cccnc2)cc1. The van der Waals surface area contributed by atoms with Gasteiger partial charge < -0.3 is 9.08 Å². The first-order valence-electron chi connectivity index (χ1n) is 7.93. The van der Waals surface area contributed by atoms with Crippen molar-refractivity contribution in [2.24, 2.45) is 5.14 Å². The minimum Gasteiger partial charge on any atom is -0.371 e. The minimum atomic E-state index is -4.05. The summed E-state index contributed by atoms with van der Waals surface area (Å²) >= 11 is 0. The van der Waals surface area contributed by atoms with E-state index in [0.717, 1.165) is 16.9 Å². The number of aromatic nitrogens is 1. The largest absolute Gasteiger partial charge is 0.380 e. The molecule has 2 aromatic carbocycles. The third-order valence-electron chi connectivity index (χ3n) is 3.74. The Balaban J connectivity index is 1.88. The normalized spacial score (nSPS) is 10.8. The molecule has 3 rings (SSSR count). The summed E-state index contributed by atoms with van der Waals surface area (Å²) in [7, 11) is -4.05. The summed E-state index contributed by atoms with van der Waals surface area (Å²) < 4.78 is 26.7. The van der Waals surface area contributed by atoms with Crippen LogP contribution in [0, 0.1) is 11.3 Å². The second kappa shape index (κ2) is 7.86. The molecule has 0 fully saturated rings. The van der Waals surface area contributed by atoms with E-state index in [4.69, 9.17) is 10.4 Å². The average Bonchev–Trinajstić information content (AvgIpc) is 2.67. The molecule has 0 unspecified atom stereocenters. The van der Waals surface area contributed by atoms with Crippen molar-refractivity contribution in [3.05, 3.63) is 84.2 Å². The first kappa shape index (κ1) is 18.4. The number of hydrogen-bond donors (Lipinski definition) is 1. The monoisotopic (exact) mass is 380 g/mol. The summed E-state index contributed by atoms with van der Waals surface area (Å²) in [6, 6.07) is 19.7. The van der Waals surface area contributed by atoms with E-state index in [2.05, 4.69) is 15.2 Å².